The van der Waals surface area contributed by atoms with Gasteiger partial charge in [-0.3, -0.25) is 14.3 Å². The number of benzene rings is 1. The molecular weight excluding hydrogens is 249 g/mol. The predicted molar refractivity (Wildman–Crippen MR) is 70.6 cm³/mol. The fraction of sp³-hybridized carbons (Fsp3) is 0.231. The minimum Gasteiger partial charge on any atom is -0.396 e. The van der Waals surface area contributed by atoms with Crippen LogP contribution in [0.4, 0.5) is 10.1 Å². The number of aromatic nitrogens is 2. The van der Waals surface area contributed by atoms with Gasteiger partial charge in [0.05, 0.1) is 12.2 Å². The molecule has 6 heteroatoms. The summed E-state index contributed by atoms with van der Waals surface area (Å²) in [6, 6.07) is 4.36. The van der Waals surface area contributed by atoms with Crippen LogP contribution in [-0.2, 0) is 13.0 Å². The molecule has 0 aliphatic rings. The van der Waals surface area contributed by atoms with Gasteiger partial charge in [0.15, 0.2) is 0 Å². The van der Waals surface area contributed by atoms with E-state index in [2.05, 4.69) is 4.98 Å². The highest BCUT2D eigenvalue weighted by Gasteiger charge is 2.05. The van der Waals surface area contributed by atoms with Gasteiger partial charge in [-0.05, 0) is 24.1 Å². The molecule has 5 nitrogen and oxygen atoms in total. The number of nitrogens with two attached hydrogens (primary N) is 1. The number of aryl methyl sites for hydroxylation is 1. The van der Waals surface area contributed by atoms with Crippen molar-refractivity contribution < 1.29 is 4.39 Å². The lowest BCUT2D eigenvalue weighted by atomic mass is 10.2. The molecule has 0 amide bonds. The number of hydrogen-bond acceptors (Lipinski definition) is 3. The lowest BCUT2D eigenvalue weighted by Crippen LogP contribution is -2.31. The van der Waals surface area contributed by atoms with Crippen molar-refractivity contribution in [1.82, 2.24) is 9.55 Å². The number of nitrogens with one attached hydrogen (secondary N) is 1. The summed E-state index contributed by atoms with van der Waals surface area (Å²) in [5.41, 5.74) is 5.66. The van der Waals surface area contributed by atoms with Crippen LogP contribution >= 0.6 is 0 Å². The second-order valence-electron chi connectivity index (χ2n) is 4.25. The quantitative estimate of drug-likeness (QED) is 0.806. The van der Waals surface area contributed by atoms with Crippen molar-refractivity contribution in [2.75, 3.05) is 5.73 Å². The molecule has 1 aromatic heterocycles. The molecule has 0 bridgehead atoms. The maximum Gasteiger partial charge on any atom is 0.328 e. The first-order chi connectivity index (χ1) is 9.01. The van der Waals surface area contributed by atoms with Gasteiger partial charge >= 0.3 is 5.69 Å². The summed E-state index contributed by atoms with van der Waals surface area (Å²) in [5, 5.41) is 0. The van der Waals surface area contributed by atoms with Crippen molar-refractivity contribution >= 4 is 5.69 Å². The monoisotopic (exact) mass is 263 g/mol. The summed E-state index contributed by atoms with van der Waals surface area (Å²) in [4.78, 5) is 25.3. The van der Waals surface area contributed by atoms with E-state index in [0.29, 0.717) is 17.5 Å². The zero-order valence-electron chi connectivity index (χ0n) is 10.4. The van der Waals surface area contributed by atoms with Crippen LogP contribution in [0.15, 0.2) is 34.0 Å². The Morgan fingerprint density at radius 3 is 2.74 bits per heavy atom. The van der Waals surface area contributed by atoms with Crippen molar-refractivity contribution in [3.05, 3.63) is 62.2 Å². The molecule has 19 heavy (non-hydrogen) atoms. The van der Waals surface area contributed by atoms with Crippen LogP contribution in [0.3, 0.4) is 0 Å². The number of H-pyrrole nitrogens is 1. The Kier molecular flexibility index (Phi) is 3.50. The smallest absolute Gasteiger partial charge is 0.328 e. The van der Waals surface area contributed by atoms with Crippen LogP contribution in [0.25, 0.3) is 0 Å². The molecule has 1 aromatic carbocycles. The van der Waals surface area contributed by atoms with E-state index in [1.54, 1.807) is 6.07 Å². The molecule has 100 valence electrons. The van der Waals surface area contributed by atoms with Crippen molar-refractivity contribution in [2.24, 2.45) is 0 Å². The molecule has 1 heterocycles. The molecule has 0 atom stereocenters. The maximum atomic E-state index is 13.3. The van der Waals surface area contributed by atoms with E-state index in [1.807, 2.05) is 6.92 Å². The molecule has 0 aliphatic carbocycles. The van der Waals surface area contributed by atoms with Crippen LogP contribution in [0.1, 0.15) is 18.1 Å². The van der Waals surface area contributed by atoms with Gasteiger partial charge in [-0.2, -0.15) is 0 Å². The van der Waals surface area contributed by atoms with E-state index in [-0.39, 0.29) is 17.8 Å². The van der Waals surface area contributed by atoms with E-state index in [9.17, 15) is 14.0 Å². The van der Waals surface area contributed by atoms with Crippen molar-refractivity contribution in [3.63, 3.8) is 0 Å². The standard InChI is InChI=1S/C13H14FN3O2/c1-2-9-7-17(13(19)16-12(9)18)6-8-3-4-11(15)10(14)5-8/h3-5,7H,2,6,15H2,1H3,(H,16,18,19). The van der Waals surface area contributed by atoms with Crippen LogP contribution < -0.4 is 17.0 Å². The van der Waals surface area contributed by atoms with Gasteiger partial charge < -0.3 is 5.73 Å². The number of rotatable bonds is 3. The SMILES string of the molecule is CCc1cn(Cc2ccc(N)c(F)c2)c(=O)[nH]c1=O. The topological polar surface area (TPSA) is 80.9 Å². The second kappa shape index (κ2) is 5.09. The molecule has 0 radical (unpaired) electrons. The lowest BCUT2D eigenvalue weighted by Gasteiger charge is -2.07. The molecule has 0 saturated heterocycles. The minimum atomic E-state index is -0.523. The number of nitrogen functional groups attached to an aromatic ring is 1. The molecule has 0 spiro atoms. The summed E-state index contributed by atoms with van der Waals surface area (Å²) >= 11 is 0. The van der Waals surface area contributed by atoms with Gasteiger partial charge in [-0.25, -0.2) is 9.18 Å². The van der Waals surface area contributed by atoms with Crippen LogP contribution in [-0.4, -0.2) is 9.55 Å². The summed E-state index contributed by atoms with van der Waals surface area (Å²) in [6.07, 6.45) is 2.02. The average Bonchev–Trinajstić information content (AvgIpc) is 2.37. The number of halogens is 1. The van der Waals surface area contributed by atoms with E-state index < -0.39 is 11.5 Å². The van der Waals surface area contributed by atoms with Gasteiger partial charge in [-0.1, -0.05) is 13.0 Å². The first-order valence-corrected chi connectivity index (χ1v) is 5.87. The molecule has 2 aromatic rings. The van der Waals surface area contributed by atoms with Crippen LogP contribution in [0.5, 0.6) is 0 Å². The highest BCUT2D eigenvalue weighted by Crippen LogP contribution is 2.12. The summed E-state index contributed by atoms with van der Waals surface area (Å²) in [7, 11) is 0. The fourth-order valence-electron chi connectivity index (χ4n) is 1.79. The van der Waals surface area contributed by atoms with Gasteiger partial charge in [0.2, 0.25) is 0 Å². The average molecular weight is 263 g/mol. The van der Waals surface area contributed by atoms with Crippen molar-refractivity contribution in [3.8, 4) is 0 Å². The van der Waals surface area contributed by atoms with Gasteiger partial charge in [0.1, 0.15) is 5.82 Å². The highest BCUT2D eigenvalue weighted by atomic mass is 19.1. The van der Waals surface area contributed by atoms with E-state index in [4.69, 9.17) is 5.73 Å². The molecule has 3 N–H and O–H groups in total. The maximum absolute atomic E-state index is 13.3. The Balaban J connectivity index is 2.40. The number of nitrogens with zero attached hydrogens (tertiary/aromatic N) is 1. The molecule has 0 fully saturated rings. The van der Waals surface area contributed by atoms with E-state index >= 15 is 0 Å². The van der Waals surface area contributed by atoms with Crippen molar-refractivity contribution in [2.45, 2.75) is 19.9 Å². The van der Waals surface area contributed by atoms with Gasteiger partial charge in [0.25, 0.3) is 5.56 Å². The van der Waals surface area contributed by atoms with Gasteiger partial charge in [0, 0.05) is 11.8 Å². The molecule has 0 saturated carbocycles. The first-order valence-electron chi connectivity index (χ1n) is 5.87. The Hall–Kier alpha value is -2.37. The third-order valence-corrected chi connectivity index (χ3v) is 2.88. The highest BCUT2D eigenvalue weighted by molar-refractivity contribution is 5.41. The van der Waals surface area contributed by atoms with E-state index in [1.165, 1.54) is 22.9 Å². The molecular formula is C13H14FN3O2. The Bertz CT molecular complexity index is 719. The lowest BCUT2D eigenvalue weighted by molar-refractivity contribution is 0.626. The normalized spacial score (nSPS) is 10.6. The Morgan fingerprint density at radius 1 is 1.37 bits per heavy atom. The first kappa shape index (κ1) is 13.1. The second-order valence-corrected chi connectivity index (χ2v) is 4.25. The number of aromatic amines is 1. The number of hydrogen-bond donors (Lipinski definition) is 2. The molecule has 0 unspecified atom stereocenters. The number of anilines is 1. The minimum absolute atomic E-state index is 0.0619. The molecule has 2 rings (SSSR count). The summed E-state index contributed by atoms with van der Waals surface area (Å²) < 4.78 is 14.7. The van der Waals surface area contributed by atoms with E-state index in [0.717, 1.165) is 0 Å². The largest absolute Gasteiger partial charge is 0.396 e. The van der Waals surface area contributed by atoms with Crippen molar-refractivity contribution in [1.29, 1.82) is 0 Å². The zero-order valence-corrected chi connectivity index (χ0v) is 10.4. The third-order valence-electron chi connectivity index (χ3n) is 2.88. The zero-order chi connectivity index (χ0) is 14.0. The van der Waals surface area contributed by atoms with Gasteiger partial charge in [-0.15, -0.1) is 0 Å². The summed E-state index contributed by atoms with van der Waals surface area (Å²) in [5.74, 6) is -0.523. The van der Waals surface area contributed by atoms with Crippen LogP contribution in [0, 0.1) is 5.82 Å². The summed E-state index contributed by atoms with van der Waals surface area (Å²) in [6.45, 7) is 2.00. The Labute approximate surface area is 108 Å². The fourth-order valence-corrected chi connectivity index (χ4v) is 1.79. The molecule has 0 aliphatic heterocycles. The third kappa shape index (κ3) is 2.73. The van der Waals surface area contributed by atoms with Crippen LogP contribution in [0.2, 0.25) is 0 Å². The predicted octanol–water partition coefficient (Wildman–Crippen LogP) is 0.869. The Morgan fingerprint density at radius 2 is 2.11 bits per heavy atom.